The fraction of sp³-hybridized carbons (Fsp3) is 0.136. The molecule has 0 saturated heterocycles. The lowest BCUT2D eigenvalue weighted by Gasteiger charge is -2.24. The number of nitrogens with zero attached hydrogens (tertiary/aromatic N) is 3. The molecule has 0 atom stereocenters. The molecule has 7 nitrogen and oxygen atoms in total. The van der Waals surface area contributed by atoms with Crippen LogP contribution in [0.4, 0.5) is 5.69 Å². The van der Waals surface area contributed by atoms with E-state index in [9.17, 15) is 13.2 Å². The van der Waals surface area contributed by atoms with Crippen LogP contribution < -0.4 is 9.73 Å². The standard InChI is InChI=1S/C22H22N4O3S/c1-17-3-7-20(8-4-17)26(30(28,29)21-9-5-18(2)6-10-21)16-22(27)25-24-15-19-11-13-23-14-12-19/h3-15H,16H2,1-2H3,(H,25,27)/b24-15+. The predicted octanol–water partition coefficient (Wildman–Crippen LogP) is 3.04. The Bertz CT molecular complexity index is 1130. The molecule has 1 amide bonds. The summed E-state index contributed by atoms with van der Waals surface area (Å²) < 4.78 is 27.6. The normalized spacial score (nSPS) is 11.4. The summed E-state index contributed by atoms with van der Waals surface area (Å²) in [6, 6.07) is 16.9. The number of pyridine rings is 1. The average Bonchev–Trinajstić information content (AvgIpc) is 2.74. The van der Waals surface area contributed by atoms with Gasteiger partial charge < -0.3 is 0 Å². The number of amides is 1. The number of aryl methyl sites for hydroxylation is 2. The maximum Gasteiger partial charge on any atom is 0.264 e. The van der Waals surface area contributed by atoms with E-state index in [4.69, 9.17) is 0 Å². The van der Waals surface area contributed by atoms with Gasteiger partial charge in [-0.25, -0.2) is 13.8 Å². The quantitative estimate of drug-likeness (QED) is 0.468. The number of hydrazone groups is 1. The van der Waals surface area contributed by atoms with Crippen LogP contribution in [0.1, 0.15) is 16.7 Å². The van der Waals surface area contributed by atoms with Crippen LogP contribution >= 0.6 is 0 Å². The molecule has 154 valence electrons. The number of rotatable bonds is 7. The SMILES string of the molecule is Cc1ccc(N(CC(=O)N/N=C/c2ccncc2)S(=O)(=O)c2ccc(C)cc2)cc1. The summed E-state index contributed by atoms with van der Waals surface area (Å²) in [5, 5.41) is 3.89. The van der Waals surface area contributed by atoms with E-state index < -0.39 is 22.5 Å². The van der Waals surface area contributed by atoms with Crippen molar-refractivity contribution in [2.75, 3.05) is 10.8 Å². The molecule has 1 N–H and O–H groups in total. The predicted molar refractivity (Wildman–Crippen MR) is 117 cm³/mol. The minimum Gasteiger partial charge on any atom is -0.271 e. The highest BCUT2D eigenvalue weighted by Gasteiger charge is 2.27. The maximum absolute atomic E-state index is 13.3. The Morgan fingerprint density at radius 1 is 0.967 bits per heavy atom. The molecule has 0 bridgehead atoms. The van der Waals surface area contributed by atoms with Gasteiger partial charge in [0.15, 0.2) is 0 Å². The zero-order valence-corrected chi connectivity index (χ0v) is 17.5. The first-order chi connectivity index (χ1) is 14.4. The van der Waals surface area contributed by atoms with Crippen LogP contribution in [0.3, 0.4) is 0 Å². The lowest BCUT2D eigenvalue weighted by molar-refractivity contribution is -0.119. The molecule has 8 heteroatoms. The van der Waals surface area contributed by atoms with Crippen molar-refractivity contribution in [2.45, 2.75) is 18.7 Å². The Morgan fingerprint density at radius 2 is 1.53 bits per heavy atom. The van der Waals surface area contributed by atoms with Crippen molar-refractivity contribution in [1.82, 2.24) is 10.4 Å². The highest BCUT2D eigenvalue weighted by atomic mass is 32.2. The van der Waals surface area contributed by atoms with E-state index in [0.717, 1.165) is 21.0 Å². The Balaban J connectivity index is 1.84. The Kier molecular flexibility index (Phi) is 6.58. The molecular formula is C22H22N4O3S. The second-order valence-electron chi connectivity index (χ2n) is 6.73. The van der Waals surface area contributed by atoms with Crippen molar-refractivity contribution < 1.29 is 13.2 Å². The fourth-order valence-electron chi connectivity index (χ4n) is 2.66. The Hall–Kier alpha value is -3.52. The molecule has 0 fully saturated rings. The molecule has 0 spiro atoms. The maximum atomic E-state index is 13.3. The van der Waals surface area contributed by atoms with Gasteiger partial charge >= 0.3 is 0 Å². The summed E-state index contributed by atoms with van der Waals surface area (Å²) in [4.78, 5) is 16.5. The van der Waals surface area contributed by atoms with Crippen molar-refractivity contribution >= 4 is 27.8 Å². The number of nitrogens with one attached hydrogen (secondary N) is 1. The van der Waals surface area contributed by atoms with Gasteiger partial charge in [-0.05, 0) is 55.8 Å². The molecule has 0 unspecified atom stereocenters. The van der Waals surface area contributed by atoms with Crippen LogP contribution in [0.5, 0.6) is 0 Å². The van der Waals surface area contributed by atoms with Crippen LogP contribution in [0.25, 0.3) is 0 Å². The Morgan fingerprint density at radius 3 is 2.13 bits per heavy atom. The third-order valence-electron chi connectivity index (χ3n) is 4.33. The monoisotopic (exact) mass is 422 g/mol. The van der Waals surface area contributed by atoms with Gasteiger partial charge in [0.25, 0.3) is 15.9 Å². The van der Waals surface area contributed by atoms with E-state index in [-0.39, 0.29) is 4.90 Å². The summed E-state index contributed by atoms with van der Waals surface area (Å²) in [6.45, 7) is 3.37. The van der Waals surface area contributed by atoms with E-state index in [1.54, 1.807) is 60.9 Å². The number of hydrogen-bond donors (Lipinski definition) is 1. The molecule has 0 aliphatic rings. The molecule has 1 aromatic heterocycles. The molecule has 0 saturated carbocycles. The van der Waals surface area contributed by atoms with Crippen LogP contribution in [0.2, 0.25) is 0 Å². The molecule has 0 aliphatic heterocycles. The molecule has 0 aliphatic carbocycles. The van der Waals surface area contributed by atoms with Crippen molar-refractivity contribution in [3.05, 3.63) is 89.7 Å². The van der Waals surface area contributed by atoms with E-state index in [1.165, 1.54) is 18.3 Å². The van der Waals surface area contributed by atoms with Gasteiger partial charge in [-0.15, -0.1) is 0 Å². The molecule has 2 aromatic carbocycles. The van der Waals surface area contributed by atoms with Gasteiger partial charge in [-0.1, -0.05) is 35.4 Å². The highest BCUT2D eigenvalue weighted by molar-refractivity contribution is 7.92. The largest absolute Gasteiger partial charge is 0.271 e. The minimum absolute atomic E-state index is 0.113. The van der Waals surface area contributed by atoms with Crippen molar-refractivity contribution in [3.8, 4) is 0 Å². The second-order valence-corrected chi connectivity index (χ2v) is 8.60. The van der Waals surface area contributed by atoms with Gasteiger partial charge in [0.2, 0.25) is 0 Å². The summed E-state index contributed by atoms with van der Waals surface area (Å²) in [7, 11) is -3.94. The second kappa shape index (κ2) is 9.32. The van der Waals surface area contributed by atoms with E-state index in [0.29, 0.717) is 5.69 Å². The third-order valence-corrected chi connectivity index (χ3v) is 6.12. The van der Waals surface area contributed by atoms with Crippen molar-refractivity contribution in [1.29, 1.82) is 0 Å². The van der Waals surface area contributed by atoms with Gasteiger partial charge in [0.05, 0.1) is 16.8 Å². The van der Waals surface area contributed by atoms with E-state index >= 15 is 0 Å². The van der Waals surface area contributed by atoms with Crippen LogP contribution in [0.15, 0.2) is 83.1 Å². The number of carbonyl (C=O) groups excluding carboxylic acids is 1. The fourth-order valence-corrected chi connectivity index (χ4v) is 4.08. The lowest BCUT2D eigenvalue weighted by atomic mass is 10.2. The molecule has 0 radical (unpaired) electrons. The zero-order valence-electron chi connectivity index (χ0n) is 16.7. The third kappa shape index (κ3) is 5.30. The van der Waals surface area contributed by atoms with Crippen LogP contribution in [-0.2, 0) is 14.8 Å². The topological polar surface area (TPSA) is 91.7 Å². The van der Waals surface area contributed by atoms with Crippen LogP contribution in [-0.4, -0.2) is 32.1 Å². The first-order valence-corrected chi connectivity index (χ1v) is 10.7. The van der Waals surface area contributed by atoms with Gasteiger partial charge in [0, 0.05) is 12.4 Å². The number of anilines is 1. The smallest absolute Gasteiger partial charge is 0.264 e. The first kappa shape index (κ1) is 21.2. The molecule has 1 heterocycles. The van der Waals surface area contributed by atoms with Crippen LogP contribution in [0, 0.1) is 13.8 Å². The Labute approximate surface area is 176 Å². The number of benzene rings is 2. The summed E-state index contributed by atoms with van der Waals surface area (Å²) in [5.41, 5.74) is 5.46. The van der Waals surface area contributed by atoms with Gasteiger partial charge in [-0.3, -0.25) is 14.1 Å². The van der Waals surface area contributed by atoms with Gasteiger partial charge in [0.1, 0.15) is 6.54 Å². The van der Waals surface area contributed by atoms with Crippen molar-refractivity contribution in [2.24, 2.45) is 5.10 Å². The van der Waals surface area contributed by atoms with E-state index in [2.05, 4.69) is 15.5 Å². The number of carbonyl (C=O) groups is 1. The van der Waals surface area contributed by atoms with E-state index in [1.807, 2.05) is 13.8 Å². The summed E-state index contributed by atoms with van der Waals surface area (Å²) in [5.74, 6) is -0.559. The number of hydrogen-bond acceptors (Lipinski definition) is 5. The molecule has 3 aromatic rings. The highest BCUT2D eigenvalue weighted by Crippen LogP contribution is 2.24. The molecule has 30 heavy (non-hydrogen) atoms. The summed E-state index contributed by atoms with van der Waals surface area (Å²) >= 11 is 0. The number of aromatic nitrogens is 1. The molecular weight excluding hydrogens is 400 g/mol. The number of sulfonamides is 1. The minimum atomic E-state index is -3.94. The zero-order chi connectivity index (χ0) is 21.6. The van der Waals surface area contributed by atoms with Gasteiger partial charge in [-0.2, -0.15) is 5.10 Å². The first-order valence-electron chi connectivity index (χ1n) is 9.24. The van der Waals surface area contributed by atoms with Crippen molar-refractivity contribution in [3.63, 3.8) is 0 Å². The summed E-state index contributed by atoms with van der Waals surface area (Å²) in [6.07, 6.45) is 4.68. The average molecular weight is 423 g/mol. The lowest BCUT2D eigenvalue weighted by Crippen LogP contribution is -2.39. The molecule has 3 rings (SSSR count).